The number of nitrogen functional groups attached to an aromatic ring is 1. The molecule has 1 unspecified atom stereocenters. The van der Waals surface area contributed by atoms with Crippen molar-refractivity contribution in [3.63, 3.8) is 0 Å². The van der Waals surface area contributed by atoms with E-state index in [0.29, 0.717) is 22.6 Å². The molecule has 49 heavy (non-hydrogen) atoms. The van der Waals surface area contributed by atoms with E-state index in [2.05, 4.69) is 11.1 Å². The highest BCUT2D eigenvalue weighted by Gasteiger charge is 2.41. The number of nitrogens with two attached hydrogens (primary N) is 1. The van der Waals surface area contributed by atoms with Crippen LogP contribution in [-0.4, -0.2) is 54.6 Å². The minimum Gasteiger partial charge on any atom is -0.493 e. The van der Waals surface area contributed by atoms with Crippen LogP contribution < -0.4 is 20.1 Å². The molecule has 2 N–H and O–H groups in total. The molecule has 12 nitrogen and oxygen atoms in total. The van der Waals surface area contributed by atoms with Gasteiger partial charge in [-0.2, -0.15) is 10.5 Å². The first-order chi connectivity index (χ1) is 23.6. The Hall–Kier alpha value is -6.18. The number of esters is 1. The van der Waals surface area contributed by atoms with E-state index >= 15 is 0 Å². The number of hydrogen-bond donors (Lipinski definition) is 1. The van der Waals surface area contributed by atoms with Crippen LogP contribution >= 0.6 is 11.8 Å². The zero-order valence-electron chi connectivity index (χ0n) is 26.7. The monoisotopic (exact) mass is 675 g/mol. The first kappa shape index (κ1) is 34.2. The number of benzene rings is 3. The van der Waals surface area contributed by atoms with E-state index in [1.165, 1.54) is 50.6 Å². The number of aromatic nitrogens is 1. The Labute approximate surface area is 286 Å². The van der Waals surface area contributed by atoms with E-state index in [1.807, 2.05) is 25.1 Å². The number of amides is 2. The highest BCUT2D eigenvalue weighted by atomic mass is 32.2. The lowest BCUT2D eigenvalue weighted by Crippen LogP contribution is -2.31. The van der Waals surface area contributed by atoms with Gasteiger partial charge in [0.2, 0.25) is 11.8 Å². The molecule has 1 aromatic heterocycles. The molecule has 0 aliphatic carbocycles. The zero-order valence-corrected chi connectivity index (χ0v) is 27.5. The van der Waals surface area contributed by atoms with Gasteiger partial charge in [0.1, 0.15) is 28.5 Å². The van der Waals surface area contributed by atoms with E-state index in [1.54, 1.807) is 18.2 Å². The van der Waals surface area contributed by atoms with Crippen LogP contribution in [0.4, 0.5) is 11.5 Å². The van der Waals surface area contributed by atoms with Crippen molar-refractivity contribution in [2.45, 2.75) is 30.0 Å². The van der Waals surface area contributed by atoms with E-state index in [4.69, 9.17) is 19.9 Å². The molecule has 1 aliphatic heterocycles. The normalized spacial score (nSPS) is 13.8. The van der Waals surface area contributed by atoms with Crippen molar-refractivity contribution in [2.75, 3.05) is 31.5 Å². The molecule has 0 bridgehead atoms. The number of nitriles is 2. The number of nitrogens with zero attached hydrogens (tertiary/aromatic N) is 4. The number of rotatable bonds is 11. The van der Waals surface area contributed by atoms with Gasteiger partial charge in [-0.05, 0) is 60.0 Å². The number of hydrogen-bond acceptors (Lipinski definition) is 12. The SMILES string of the molecule is CCc1ccc(-c2c(C#N)c(N)nc(SC3CC(=O)N(c4ccc(C(=O)OCC(=O)c5ccc(OC)c(OC)c5)cc4)C3=O)c2C#N)cc1. The van der Waals surface area contributed by atoms with Crippen molar-refractivity contribution in [3.8, 4) is 34.8 Å². The van der Waals surface area contributed by atoms with Crippen molar-refractivity contribution < 1.29 is 33.4 Å². The van der Waals surface area contributed by atoms with Crippen LogP contribution in [0.3, 0.4) is 0 Å². The number of anilines is 2. The van der Waals surface area contributed by atoms with Crippen LogP contribution in [-0.2, 0) is 20.7 Å². The lowest BCUT2D eigenvalue weighted by atomic mass is 9.96. The third-order valence-corrected chi connectivity index (χ3v) is 9.00. The fourth-order valence-corrected chi connectivity index (χ4v) is 6.35. The quantitative estimate of drug-likeness (QED) is 0.126. The Bertz CT molecular complexity index is 2050. The molecule has 3 aromatic carbocycles. The largest absolute Gasteiger partial charge is 0.493 e. The highest BCUT2D eigenvalue weighted by molar-refractivity contribution is 8.00. The number of ether oxygens (including phenoxy) is 3. The molecular weight excluding hydrogens is 646 g/mol. The van der Waals surface area contributed by atoms with Crippen LogP contribution in [0.25, 0.3) is 11.1 Å². The third kappa shape index (κ3) is 6.93. The molecule has 0 radical (unpaired) electrons. The summed E-state index contributed by atoms with van der Waals surface area (Å²) in [5.74, 6) is -1.57. The summed E-state index contributed by atoms with van der Waals surface area (Å²) < 4.78 is 15.6. The van der Waals surface area contributed by atoms with Crippen molar-refractivity contribution >= 4 is 46.8 Å². The number of ketones is 1. The van der Waals surface area contributed by atoms with Crippen LogP contribution in [0.2, 0.25) is 0 Å². The first-order valence-corrected chi connectivity index (χ1v) is 15.8. The summed E-state index contributed by atoms with van der Waals surface area (Å²) in [4.78, 5) is 57.2. The molecule has 2 heterocycles. The Morgan fingerprint density at radius 1 is 0.939 bits per heavy atom. The molecule has 1 atom stereocenters. The minimum absolute atomic E-state index is 0.0459. The van der Waals surface area contributed by atoms with Gasteiger partial charge in [-0.1, -0.05) is 43.0 Å². The van der Waals surface area contributed by atoms with Crippen molar-refractivity contribution in [3.05, 3.63) is 94.5 Å². The van der Waals surface area contributed by atoms with Gasteiger partial charge in [-0.25, -0.2) is 14.7 Å². The smallest absolute Gasteiger partial charge is 0.338 e. The molecular formula is C36H29N5O7S. The van der Waals surface area contributed by atoms with Gasteiger partial charge < -0.3 is 19.9 Å². The lowest BCUT2D eigenvalue weighted by Gasteiger charge is -2.17. The Morgan fingerprint density at radius 3 is 2.20 bits per heavy atom. The van der Waals surface area contributed by atoms with Gasteiger partial charge in [0.25, 0.3) is 0 Å². The van der Waals surface area contributed by atoms with Gasteiger partial charge >= 0.3 is 5.97 Å². The van der Waals surface area contributed by atoms with E-state index in [-0.39, 0.29) is 45.2 Å². The van der Waals surface area contributed by atoms with Gasteiger partial charge in [0, 0.05) is 17.5 Å². The predicted octanol–water partition coefficient (Wildman–Crippen LogP) is 5.12. The van der Waals surface area contributed by atoms with Crippen molar-refractivity contribution in [2.24, 2.45) is 0 Å². The number of carbonyl (C=O) groups excluding carboxylic acids is 4. The number of pyridine rings is 1. The molecule has 1 aliphatic rings. The van der Waals surface area contributed by atoms with E-state index in [9.17, 15) is 29.7 Å². The summed E-state index contributed by atoms with van der Waals surface area (Å²) in [6, 6.07) is 21.7. The summed E-state index contributed by atoms with van der Waals surface area (Å²) >= 11 is 0.926. The topological polar surface area (TPSA) is 186 Å². The molecule has 4 aromatic rings. The fraction of sp³-hybridized carbons (Fsp3) is 0.194. The molecule has 0 saturated carbocycles. The average molecular weight is 676 g/mol. The molecule has 0 spiro atoms. The van der Waals surface area contributed by atoms with Crippen LogP contribution in [0, 0.1) is 22.7 Å². The first-order valence-electron chi connectivity index (χ1n) is 14.9. The standard InChI is InChI=1S/C36H29N5O7S/c1-4-20-5-7-21(8-6-20)32-25(17-37)33(39)40-34(26(32)18-38)49-30-16-31(43)41(35(30)44)24-12-9-22(10-13-24)36(45)48-19-27(42)23-11-14-28(46-2)29(15-23)47-3/h5-15,30H,4,16,19H2,1-3H3,(H2,39,40). The van der Waals surface area contributed by atoms with E-state index < -0.39 is 35.4 Å². The molecule has 1 fully saturated rings. The summed E-state index contributed by atoms with van der Waals surface area (Å²) in [5.41, 5.74) is 8.83. The predicted molar refractivity (Wildman–Crippen MR) is 180 cm³/mol. The third-order valence-electron chi connectivity index (χ3n) is 7.83. The summed E-state index contributed by atoms with van der Waals surface area (Å²) in [6.45, 7) is 1.48. The highest BCUT2D eigenvalue weighted by Crippen LogP contribution is 2.40. The number of thioether (sulfide) groups is 1. The van der Waals surface area contributed by atoms with Crippen LogP contribution in [0.5, 0.6) is 11.5 Å². The van der Waals surface area contributed by atoms with Gasteiger partial charge in [-0.15, -0.1) is 0 Å². The van der Waals surface area contributed by atoms with Gasteiger partial charge in [0.15, 0.2) is 23.9 Å². The Kier molecular flexibility index (Phi) is 10.3. The van der Waals surface area contributed by atoms with Crippen molar-refractivity contribution in [1.82, 2.24) is 4.98 Å². The number of aryl methyl sites for hydroxylation is 1. The Balaban J connectivity index is 1.30. The maximum Gasteiger partial charge on any atom is 0.338 e. The van der Waals surface area contributed by atoms with Gasteiger partial charge in [0.05, 0.1) is 36.3 Å². The molecule has 2 amide bonds. The second-order valence-corrected chi connectivity index (χ2v) is 11.9. The maximum absolute atomic E-state index is 13.5. The zero-order chi connectivity index (χ0) is 35.2. The molecule has 5 rings (SSSR count). The van der Waals surface area contributed by atoms with E-state index in [0.717, 1.165) is 28.6 Å². The average Bonchev–Trinajstić information content (AvgIpc) is 3.41. The minimum atomic E-state index is -0.929. The Morgan fingerprint density at radius 2 is 1.59 bits per heavy atom. The van der Waals surface area contributed by atoms with Crippen LogP contribution in [0.15, 0.2) is 71.8 Å². The molecule has 1 saturated heterocycles. The summed E-state index contributed by atoms with van der Waals surface area (Å²) in [6.07, 6.45) is 0.623. The second-order valence-electron chi connectivity index (χ2n) is 10.7. The maximum atomic E-state index is 13.5. The summed E-state index contributed by atoms with van der Waals surface area (Å²) in [7, 11) is 2.91. The molecule has 13 heteroatoms. The molecule has 246 valence electrons. The number of imide groups is 1. The fourth-order valence-electron chi connectivity index (χ4n) is 5.24. The van der Waals surface area contributed by atoms with Crippen molar-refractivity contribution in [1.29, 1.82) is 10.5 Å². The van der Waals surface area contributed by atoms with Crippen LogP contribution in [0.1, 0.15) is 50.8 Å². The summed E-state index contributed by atoms with van der Waals surface area (Å²) in [5, 5.41) is 19.2. The number of carbonyl (C=O) groups is 4. The lowest BCUT2D eigenvalue weighted by molar-refractivity contribution is -0.121. The van der Waals surface area contributed by atoms with Gasteiger partial charge in [-0.3, -0.25) is 14.4 Å². The number of Topliss-reactive ketones (excluding diaryl/α,β-unsaturated/α-hetero) is 1. The number of methoxy groups -OCH3 is 2. The second kappa shape index (κ2) is 14.7.